The molecule has 0 aromatic heterocycles. The molecule has 2 aromatic carbocycles. The van der Waals surface area contributed by atoms with Crippen LogP contribution in [0.4, 0.5) is 4.39 Å². The Bertz CT molecular complexity index is 874. The van der Waals surface area contributed by atoms with Crippen molar-refractivity contribution in [3.63, 3.8) is 0 Å². The minimum absolute atomic E-state index is 0.126. The van der Waals surface area contributed by atoms with Gasteiger partial charge in [-0.3, -0.25) is 0 Å². The van der Waals surface area contributed by atoms with E-state index in [1.54, 1.807) is 12.1 Å². The molecule has 5 nitrogen and oxygen atoms in total. The average molecular weight is 461 g/mol. The summed E-state index contributed by atoms with van der Waals surface area (Å²) in [5, 5.41) is 3.95. The zero-order valence-corrected chi connectivity index (χ0v) is 19.8. The molecule has 3 rings (SSSR count). The lowest BCUT2D eigenvalue weighted by molar-refractivity contribution is 0.0895. The molecule has 2 aromatic rings. The highest BCUT2D eigenvalue weighted by Crippen LogP contribution is 2.28. The third-order valence-electron chi connectivity index (χ3n) is 5.35. The minimum Gasteiger partial charge on any atom is -0.490 e. The lowest BCUT2D eigenvalue weighted by Crippen LogP contribution is -2.43. The van der Waals surface area contributed by atoms with Crippen LogP contribution in [0.2, 0.25) is 0 Å². The Morgan fingerprint density at radius 3 is 2.66 bits per heavy atom. The van der Waals surface area contributed by atoms with Crippen LogP contribution in [-0.2, 0) is 17.7 Å². The summed E-state index contributed by atoms with van der Waals surface area (Å²) in [6.45, 7) is 7.60. The van der Waals surface area contributed by atoms with E-state index in [9.17, 15) is 4.39 Å². The molecule has 0 spiro atoms. The molecule has 1 heterocycles. The molecule has 1 N–H and O–H groups in total. The normalized spacial score (nSPS) is 15.4. The number of ether oxygens (including phenoxy) is 3. The number of thiocarbonyl (C=S) groups is 1. The smallest absolute Gasteiger partial charge is 0.169 e. The second-order valence-electron chi connectivity index (χ2n) is 7.74. The van der Waals surface area contributed by atoms with Crippen LogP contribution < -0.4 is 14.8 Å². The van der Waals surface area contributed by atoms with E-state index in [2.05, 4.69) is 5.32 Å². The summed E-state index contributed by atoms with van der Waals surface area (Å²) >= 11 is 5.68. The van der Waals surface area contributed by atoms with Crippen LogP contribution in [0.3, 0.4) is 0 Å². The topological polar surface area (TPSA) is 43.0 Å². The van der Waals surface area contributed by atoms with E-state index >= 15 is 0 Å². The molecule has 1 aliphatic heterocycles. The summed E-state index contributed by atoms with van der Waals surface area (Å²) in [6, 6.07) is 12.8. The molecule has 0 radical (unpaired) electrons. The van der Waals surface area contributed by atoms with Crippen molar-refractivity contribution >= 4 is 17.3 Å². The highest BCUT2D eigenvalue weighted by Gasteiger charge is 2.22. The first-order valence-corrected chi connectivity index (χ1v) is 11.8. The van der Waals surface area contributed by atoms with Crippen molar-refractivity contribution in [1.29, 1.82) is 0 Å². The fraction of sp³-hybridized carbons (Fsp3) is 0.480. The highest BCUT2D eigenvalue weighted by atomic mass is 32.1. The lowest BCUT2D eigenvalue weighted by atomic mass is 10.1. The second-order valence-corrected chi connectivity index (χ2v) is 8.12. The number of nitrogens with one attached hydrogen (secondary N) is 1. The van der Waals surface area contributed by atoms with Gasteiger partial charge in [-0.15, -0.1) is 0 Å². The molecule has 1 saturated heterocycles. The highest BCUT2D eigenvalue weighted by molar-refractivity contribution is 7.80. The molecular formula is C25H33FN2O3S. The maximum atomic E-state index is 14.2. The van der Waals surface area contributed by atoms with E-state index in [0.29, 0.717) is 43.5 Å². The zero-order valence-electron chi connectivity index (χ0n) is 18.9. The largest absolute Gasteiger partial charge is 0.490 e. The third kappa shape index (κ3) is 7.07. The first-order valence-electron chi connectivity index (χ1n) is 11.4. The van der Waals surface area contributed by atoms with Crippen molar-refractivity contribution < 1.29 is 18.6 Å². The molecule has 1 aliphatic rings. The first-order chi connectivity index (χ1) is 15.6. The summed E-state index contributed by atoms with van der Waals surface area (Å²) in [6.07, 6.45) is 2.96. The van der Waals surface area contributed by atoms with Crippen molar-refractivity contribution in [2.45, 2.75) is 45.8 Å². The molecule has 0 bridgehead atoms. The molecule has 0 saturated carbocycles. The second kappa shape index (κ2) is 12.6. The van der Waals surface area contributed by atoms with Gasteiger partial charge in [0.15, 0.2) is 16.6 Å². The molecule has 0 aliphatic carbocycles. The van der Waals surface area contributed by atoms with Gasteiger partial charge in [-0.2, -0.15) is 0 Å². The number of hydrogen-bond acceptors (Lipinski definition) is 4. The Balaban J connectivity index is 1.60. The van der Waals surface area contributed by atoms with Gasteiger partial charge in [-0.25, -0.2) is 4.39 Å². The number of halogens is 1. The van der Waals surface area contributed by atoms with E-state index in [-0.39, 0.29) is 11.9 Å². The number of nitrogens with zero attached hydrogens (tertiary/aromatic N) is 1. The Kier molecular flexibility index (Phi) is 9.56. The van der Waals surface area contributed by atoms with Gasteiger partial charge in [0.05, 0.1) is 19.3 Å². The van der Waals surface area contributed by atoms with Crippen molar-refractivity contribution in [3.05, 3.63) is 59.4 Å². The van der Waals surface area contributed by atoms with E-state index in [4.69, 9.17) is 26.4 Å². The van der Waals surface area contributed by atoms with Crippen LogP contribution in [0.25, 0.3) is 0 Å². The minimum atomic E-state index is -0.217. The molecule has 7 heteroatoms. The number of hydrogen-bond donors (Lipinski definition) is 1. The fourth-order valence-corrected chi connectivity index (χ4v) is 4.00. The maximum Gasteiger partial charge on any atom is 0.169 e. The maximum absolute atomic E-state index is 14.2. The SMILES string of the molecule is CCOc1ccc(CCNC(=S)N(Cc2ccccc2F)C[C@@H]2CCCO2)cc1OCC. The van der Waals surface area contributed by atoms with E-state index in [1.165, 1.54) is 6.07 Å². The summed E-state index contributed by atoms with van der Waals surface area (Å²) in [5.74, 6) is 1.30. The van der Waals surface area contributed by atoms with Gasteiger partial charge in [0.25, 0.3) is 0 Å². The van der Waals surface area contributed by atoms with Crippen LogP contribution in [0.1, 0.15) is 37.8 Å². The van der Waals surface area contributed by atoms with Crippen LogP contribution in [0.15, 0.2) is 42.5 Å². The lowest BCUT2D eigenvalue weighted by Gasteiger charge is -2.28. The van der Waals surface area contributed by atoms with E-state index < -0.39 is 0 Å². The van der Waals surface area contributed by atoms with Gasteiger partial charge >= 0.3 is 0 Å². The molecular weight excluding hydrogens is 427 g/mol. The molecule has 174 valence electrons. The van der Waals surface area contributed by atoms with Crippen molar-refractivity contribution in [2.24, 2.45) is 0 Å². The van der Waals surface area contributed by atoms with Crippen LogP contribution >= 0.6 is 12.2 Å². The Morgan fingerprint density at radius 1 is 1.16 bits per heavy atom. The molecule has 1 atom stereocenters. The van der Waals surface area contributed by atoms with Crippen molar-refractivity contribution in [2.75, 3.05) is 32.9 Å². The van der Waals surface area contributed by atoms with Gasteiger partial charge < -0.3 is 24.4 Å². The molecule has 1 fully saturated rings. The van der Waals surface area contributed by atoms with Crippen molar-refractivity contribution in [3.8, 4) is 11.5 Å². The summed E-state index contributed by atoms with van der Waals surface area (Å²) in [4.78, 5) is 2.01. The van der Waals surface area contributed by atoms with Crippen molar-refractivity contribution in [1.82, 2.24) is 10.2 Å². The number of benzene rings is 2. The van der Waals surface area contributed by atoms with Crippen LogP contribution in [-0.4, -0.2) is 49.0 Å². The fourth-order valence-electron chi connectivity index (χ4n) is 3.76. The Hall–Kier alpha value is -2.38. The van der Waals surface area contributed by atoms with Gasteiger partial charge in [0.1, 0.15) is 5.82 Å². The van der Waals surface area contributed by atoms with Gasteiger partial charge in [0.2, 0.25) is 0 Å². The van der Waals surface area contributed by atoms with Crippen LogP contribution in [0, 0.1) is 5.82 Å². The summed E-state index contributed by atoms with van der Waals surface area (Å²) in [7, 11) is 0. The van der Waals surface area contributed by atoms with E-state index in [1.807, 2.05) is 43.0 Å². The molecule has 32 heavy (non-hydrogen) atoms. The standard InChI is InChI=1S/C25H33FN2O3S/c1-3-29-23-12-11-19(16-24(23)30-4-2)13-14-27-25(32)28(18-21-9-7-15-31-21)17-20-8-5-6-10-22(20)26/h5-6,8,10-12,16,21H,3-4,7,9,13-15,17-18H2,1-2H3,(H,27,32)/t21-/m0/s1. The Labute approximate surface area is 195 Å². The molecule has 0 unspecified atom stereocenters. The Morgan fingerprint density at radius 2 is 1.94 bits per heavy atom. The van der Waals surface area contributed by atoms with Crippen LogP contribution in [0.5, 0.6) is 11.5 Å². The molecule has 0 amide bonds. The summed E-state index contributed by atoms with van der Waals surface area (Å²) in [5.41, 5.74) is 1.76. The summed E-state index contributed by atoms with van der Waals surface area (Å²) < 4.78 is 31.4. The van der Waals surface area contributed by atoms with Gasteiger partial charge in [0, 0.05) is 31.8 Å². The monoisotopic (exact) mass is 460 g/mol. The first kappa shape index (κ1) is 24.3. The zero-order chi connectivity index (χ0) is 22.8. The quantitative estimate of drug-likeness (QED) is 0.490. The van der Waals surface area contributed by atoms with E-state index in [0.717, 1.165) is 42.9 Å². The van der Waals surface area contributed by atoms with Gasteiger partial charge in [-0.05, 0) is 69.1 Å². The predicted octanol–water partition coefficient (Wildman–Crippen LogP) is 4.72. The van der Waals surface area contributed by atoms with Gasteiger partial charge in [-0.1, -0.05) is 24.3 Å². The number of rotatable bonds is 11. The predicted molar refractivity (Wildman–Crippen MR) is 129 cm³/mol. The third-order valence-corrected chi connectivity index (χ3v) is 5.75. The average Bonchev–Trinajstić information content (AvgIpc) is 3.30.